The van der Waals surface area contributed by atoms with Crippen molar-refractivity contribution >= 4 is 11.3 Å². The smallest absolute Gasteiger partial charge is 0.123 e. The molecule has 1 N–H and O–H groups in total. The quantitative estimate of drug-likeness (QED) is 0.908. The van der Waals surface area contributed by atoms with Gasteiger partial charge in [0.1, 0.15) is 11.1 Å². The van der Waals surface area contributed by atoms with E-state index in [1.807, 2.05) is 0 Å². The van der Waals surface area contributed by atoms with Crippen molar-refractivity contribution in [2.45, 2.75) is 31.9 Å². The second kappa shape index (κ2) is 5.65. The van der Waals surface area contributed by atoms with Crippen molar-refractivity contribution in [3.63, 3.8) is 0 Å². The lowest BCUT2D eigenvalue weighted by atomic mass is 10.2. The zero-order chi connectivity index (χ0) is 12.4. The second-order valence-corrected chi connectivity index (χ2v) is 5.90. The van der Waals surface area contributed by atoms with Crippen LogP contribution in [-0.2, 0) is 4.74 Å². The fraction of sp³-hybridized carbons (Fsp3) is 0.769. The van der Waals surface area contributed by atoms with E-state index < -0.39 is 0 Å². The molecule has 2 aliphatic heterocycles. The van der Waals surface area contributed by atoms with Crippen molar-refractivity contribution in [1.82, 2.24) is 15.2 Å². The van der Waals surface area contributed by atoms with Crippen LogP contribution in [0.4, 0.5) is 0 Å². The topological polar surface area (TPSA) is 37.4 Å². The summed E-state index contributed by atoms with van der Waals surface area (Å²) in [6, 6.07) is 0.473. The monoisotopic (exact) mass is 267 g/mol. The maximum atomic E-state index is 5.86. The molecule has 2 atom stereocenters. The number of ether oxygens (including phenoxy) is 1. The molecule has 5 heteroatoms. The Morgan fingerprint density at radius 1 is 1.61 bits per heavy atom. The highest BCUT2D eigenvalue weighted by Crippen LogP contribution is 2.29. The molecule has 0 spiro atoms. The third-order valence-electron chi connectivity index (χ3n) is 3.83. The van der Waals surface area contributed by atoms with Gasteiger partial charge in [-0.2, -0.15) is 0 Å². The van der Waals surface area contributed by atoms with Gasteiger partial charge in [-0.05, 0) is 25.9 Å². The van der Waals surface area contributed by atoms with Gasteiger partial charge in [-0.25, -0.2) is 4.98 Å². The highest BCUT2D eigenvalue weighted by atomic mass is 32.1. The molecule has 0 amide bonds. The Hall–Kier alpha value is -0.490. The Bertz CT molecular complexity index is 389. The molecule has 0 bridgehead atoms. The van der Waals surface area contributed by atoms with Crippen molar-refractivity contribution in [3.8, 4) is 0 Å². The summed E-state index contributed by atoms with van der Waals surface area (Å²) in [5.74, 6) is 0. The van der Waals surface area contributed by atoms with Gasteiger partial charge in [0.2, 0.25) is 0 Å². The highest BCUT2D eigenvalue weighted by Gasteiger charge is 2.25. The largest absolute Gasteiger partial charge is 0.368 e. The summed E-state index contributed by atoms with van der Waals surface area (Å²) >= 11 is 1.75. The number of nitrogens with zero attached hydrogens (tertiary/aromatic N) is 2. The van der Waals surface area contributed by atoms with Gasteiger partial charge in [0, 0.05) is 18.5 Å². The molecule has 0 saturated carbocycles. The predicted molar refractivity (Wildman–Crippen MR) is 72.9 cm³/mol. The fourth-order valence-electron chi connectivity index (χ4n) is 2.68. The van der Waals surface area contributed by atoms with Crippen LogP contribution in [0, 0.1) is 0 Å². The summed E-state index contributed by atoms with van der Waals surface area (Å²) in [4.78, 5) is 7.22. The summed E-state index contributed by atoms with van der Waals surface area (Å²) in [7, 11) is 0. The van der Waals surface area contributed by atoms with Gasteiger partial charge in [0.25, 0.3) is 0 Å². The normalized spacial score (nSPS) is 29.8. The lowest BCUT2D eigenvalue weighted by Crippen LogP contribution is -2.38. The molecule has 2 saturated heterocycles. The lowest BCUT2D eigenvalue weighted by molar-refractivity contribution is -0.0283. The van der Waals surface area contributed by atoms with Gasteiger partial charge in [0.05, 0.1) is 18.3 Å². The van der Waals surface area contributed by atoms with Crippen molar-refractivity contribution in [1.29, 1.82) is 0 Å². The molecule has 0 aromatic carbocycles. The van der Waals surface area contributed by atoms with E-state index in [2.05, 4.69) is 22.5 Å². The maximum absolute atomic E-state index is 5.86. The van der Waals surface area contributed by atoms with Crippen molar-refractivity contribution in [2.75, 3.05) is 32.8 Å². The van der Waals surface area contributed by atoms with E-state index in [-0.39, 0.29) is 6.10 Å². The van der Waals surface area contributed by atoms with E-state index in [1.54, 1.807) is 11.3 Å². The number of aromatic nitrogens is 1. The Morgan fingerprint density at radius 2 is 2.56 bits per heavy atom. The molecule has 4 nitrogen and oxygen atoms in total. The first-order valence-electron chi connectivity index (χ1n) is 6.89. The Balaban J connectivity index is 1.68. The molecule has 1 aromatic heterocycles. The minimum absolute atomic E-state index is 0.179. The molecule has 18 heavy (non-hydrogen) atoms. The van der Waals surface area contributed by atoms with Crippen LogP contribution in [0.25, 0.3) is 0 Å². The SMILES string of the molecule is CCN1CCOC(c2nc([C@@H]3CCCN3)cs2)C1. The summed E-state index contributed by atoms with van der Waals surface area (Å²) in [5.41, 5.74) is 1.21. The number of rotatable bonds is 3. The van der Waals surface area contributed by atoms with Crippen LogP contribution < -0.4 is 5.32 Å². The molecule has 0 aliphatic carbocycles. The lowest BCUT2D eigenvalue weighted by Gasteiger charge is -2.30. The van der Waals surface area contributed by atoms with Crippen LogP contribution in [0.3, 0.4) is 0 Å². The Labute approximate surface area is 112 Å². The van der Waals surface area contributed by atoms with Crippen molar-refractivity contribution in [2.24, 2.45) is 0 Å². The van der Waals surface area contributed by atoms with E-state index in [0.717, 1.165) is 37.8 Å². The Morgan fingerprint density at radius 3 is 3.33 bits per heavy atom. The first-order valence-corrected chi connectivity index (χ1v) is 7.77. The number of thiazole rings is 1. The van der Waals surface area contributed by atoms with E-state index in [4.69, 9.17) is 9.72 Å². The van der Waals surface area contributed by atoms with Gasteiger partial charge < -0.3 is 10.1 Å². The first-order chi connectivity index (χ1) is 8.86. The zero-order valence-corrected chi connectivity index (χ0v) is 11.7. The summed E-state index contributed by atoms with van der Waals surface area (Å²) in [6.45, 7) is 7.30. The van der Waals surface area contributed by atoms with Crippen LogP contribution in [0.15, 0.2) is 5.38 Å². The third-order valence-corrected chi connectivity index (χ3v) is 4.79. The van der Waals surface area contributed by atoms with Crippen molar-refractivity contribution < 1.29 is 4.74 Å². The third kappa shape index (κ3) is 2.59. The predicted octanol–water partition coefficient (Wildman–Crippen LogP) is 1.96. The van der Waals surface area contributed by atoms with Crippen LogP contribution in [0.5, 0.6) is 0 Å². The molecule has 100 valence electrons. The molecule has 3 heterocycles. The maximum Gasteiger partial charge on any atom is 0.123 e. The van der Waals surface area contributed by atoms with Crippen LogP contribution >= 0.6 is 11.3 Å². The zero-order valence-electron chi connectivity index (χ0n) is 10.9. The second-order valence-electron chi connectivity index (χ2n) is 5.01. The average molecular weight is 267 g/mol. The standard InChI is InChI=1S/C13H21N3OS/c1-2-16-6-7-17-12(8-16)13-15-11(9-18-13)10-4-3-5-14-10/h9-10,12,14H,2-8H2,1H3/t10-,12?/m0/s1. The highest BCUT2D eigenvalue weighted by molar-refractivity contribution is 7.09. The summed E-state index contributed by atoms with van der Waals surface area (Å²) in [5, 5.41) is 6.85. The van der Waals surface area contributed by atoms with Gasteiger partial charge in [-0.15, -0.1) is 11.3 Å². The molecule has 1 aromatic rings. The van der Waals surface area contributed by atoms with E-state index >= 15 is 0 Å². The van der Waals surface area contributed by atoms with Gasteiger partial charge in [-0.3, -0.25) is 4.90 Å². The Kier molecular flexibility index (Phi) is 3.94. The van der Waals surface area contributed by atoms with E-state index in [0.29, 0.717) is 6.04 Å². The number of likely N-dealkylation sites (N-methyl/N-ethyl adjacent to an activating group) is 1. The van der Waals surface area contributed by atoms with Gasteiger partial charge in [0.15, 0.2) is 0 Å². The molecule has 2 fully saturated rings. The average Bonchev–Trinajstić information content (AvgIpc) is 3.09. The van der Waals surface area contributed by atoms with E-state index in [1.165, 1.54) is 18.5 Å². The summed E-state index contributed by atoms with van der Waals surface area (Å²) < 4.78 is 5.86. The van der Waals surface area contributed by atoms with Crippen molar-refractivity contribution in [3.05, 3.63) is 16.1 Å². The number of morpholine rings is 1. The number of hydrogen-bond donors (Lipinski definition) is 1. The van der Waals surface area contributed by atoms with Crippen LogP contribution in [0.1, 0.15) is 42.6 Å². The molecule has 1 unspecified atom stereocenters. The summed E-state index contributed by atoms with van der Waals surface area (Å²) in [6.07, 6.45) is 2.66. The first kappa shape index (κ1) is 12.5. The number of nitrogens with one attached hydrogen (secondary N) is 1. The van der Waals surface area contributed by atoms with Crippen LogP contribution in [-0.4, -0.2) is 42.7 Å². The van der Waals surface area contributed by atoms with Gasteiger partial charge >= 0.3 is 0 Å². The molecular formula is C13H21N3OS. The van der Waals surface area contributed by atoms with Gasteiger partial charge in [-0.1, -0.05) is 6.92 Å². The molecule has 3 rings (SSSR count). The fourth-order valence-corrected chi connectivity index (χ4v) is 3.60. The minimum atomic E-state index is 0.179. The molecule has 0 radical (unpaired) electrons. The number of hydrogen-bond acceptors (Lipinski definition) is 5. The molecule has 2 aliphatic rings. The molecular weight excluding hydrogens is 246 g/mol. The van der Waals surface area contributed by atoms with Crippen LogP contribution in [0.2, 0.25) is 0 Å². The minimum Gasteiger partial charge on any atom is -0.368 e. The van der Waals surface area contributed by atoms with E-state index in [9.17, 15) is 0 Å².